The Morgan fingerprint density at radius 3 is 0.735 bits per heavy atom. The van der Waals surface area contributed by atoms with Crippen LogP contribution in [-0.4, -0.2) is 63.3 Å². The summed E-state index contributed by atoms with van der Waals surface area (Å²) in [6.07, 6.45) is 28.8. The molecule has 0 aliphatic rings. The van der Waals surface area contributed by atoms with Gasteiger partial charge in [-0.3, -0.25) is 0 Å². The molecule has 0 atom stereocenters. The van der Waals surface area contributed by atoms with Crippen LogP contribution in [0.2, 0.25) is 0 Å². The Kier molecular flexibility index (Phi) is 31.2. The Labute approximate surface area is 238 Å². The van der Waals surface area contributed by atoms with Crippen LogP contribution in [0.1, 0.15) is 142 Å². The lowest BCUT2D eigenvalue weighted by atomic mass is 10.1. The van der Waals surface area contributed by atoms with E-state index in [1.54, 1.807) is 0 Å². The van der Waals surface area contributed by atoms with Crippen LogP contribution in [0.3, 0.4) is 0 Å². The molecule has 0 unspecified atom stereocenters. The number of nitrogens with zero attached hydrogens (tertiary/aromatic N) is 2. The Balaban J connectivity index is -0.00000480. The SMILES string of the molecule is CCCCCCCCCCCCCC[N+](C)(C)CC[N+](C)(C)CCCCCCCCCC.[Br-].[Br-]. The second-order valence-electron chi connectivity index (χ2n) is 12.1. The molecule has 0 fully saturated rings. The second kappa shape index (κ2) is 26.9. The molecule has 0 N–H and O–H groups in total. The molecule has 0 heterocycles. The molecule has 0 aromatic rings. The van der Waals surface area contributed by atoms with E-state index in [-0.39, 0.29) is 34.0 Å². The smallest absolute Gasteiger partial charge is 0.128 e. The van der Waals surface area contributed by atoms with Crippen LogP contribution in [0.4, 0.5) is 0 Å². The van der Waals surface area contributed by atoms with Gasteiger partial charge in [0.1, 0.15) is 13.1 Å². The molecule has 4 heteroatoms. The fourth-order valence-corrected chi connectivity index (χ4v) is 4.82. The van der Waals surface area contributed by atoms with E-state index in [9.17, 15) is 0 Å². The normalized spacial score (nSPS) is 11.8. The summed E-state index contributed by atoms with van der Waals surface area (Å²) in [5.74, 6) is 0. The van der Waals surface area contributed by atoms with E-state index < -0.39 is 0 Å². The van der Waals surface area contributed by atoms with E-state index in [1.165, 1.54) is 164 Å². The van der Waals surface area contributed by atoms with Gasteiger partial charge in [-0.15, -0.1) is 0 Å². The summed E-state index contributed by atoms with van der Waals surface area (Å²) in [7, 11) is 9.81. The first kappa shape index (κ1) is 39.4. The molecule has 0 aliphatic carbocycles. The van der Waals surface area contributed by atoms with E-state index in [4.69, 9.17) is 0 Å². The summed E-state index contributed by atoms with van der Waals surface area (Å²) >= 11 is 0. The minimum atomic E-state index is 0. The third kappa shape index (κ3) is 29.1. The Bertz CT molecular complexity index is 386. The van der Waals surface area contributed by atoms with Crippen LogP contribution in [-0.2, 0) is 0 Å². The maximum absolute atomic E-state index is 2.45. The number of likely N-dealkylation sites (N-methyl/N-ethyl adjacent to an activating group) is 2. The van der Waals surface area contributed by atoms with Crippen molar-refractivity contribution in [1.82, 2.24) is 0 Å². The largest absolute Gasteiger partial charge is 1.00 e. The van der Waals surface area contributed by atoms with Crippen LogP contribution in [0.25, 0.3) is 0 Å². The van der Waals surface area contributed by atoms with Crippen molar-refractivity contribution in [2.75, 3.05) is 54.4 Å². The highest BCUT2D eigenvalue weighted by Gasteiger charge is 2.22. The van der Waals surface area contributed by atoms with Gasteiger partial charge in [0.05, 0.1) is 41.3 Å². The zero-order valence-electron chi connectivity index (χ0n) is 24.6. The third-order valence-electron chi connectivity index (χ3n) is 7.54. The van der Waals surface area contributed by atoms with Crippen molar-refractivity contribution in [2.45, 2.75) is 142 Å². The van der Waals surface area contributed by atoms with Crippen molar-refractivity contribution >= 4 is 0 Å². The Morgan fingerprint density at radius 2 is 0.500 bits per heavy atom. The summed E-state index contributed by atoms with van der Waals surface area (Å²) in [5.41, 5.74) is 0. The number of rotatable bonds is 25. The van der Waals surface area contributed by atoms with Crippen LogP contribution >= 0.6 is 0 Å². The van der Waals surface area contributed by atoms with Crippen molar-refractivity contribution in [3.8, 4) is 0 Å². The average Bonchev–Trinajstić information content (AvgIpc) is 2.75. The van der Waals surface area contributed by atoms with Crippen molar-refractivity contribution < 1.29 is 42.9 Å². The summed E-state index contributed by atoms with van der Waals surface area (Å²) in [4.78, 5) is 0. The topological polar surface area (TPSA) is 0 Å². The van der Waals surface area contributed by atoms with Gasteiger partial charge < -0.3 is 42.9 Å². The molecule has 0 saturated heterocycles. The van der Waals surface area contributed by atoms with Gasteiger partial charge >= 0.3 is 0 Å². The molecule has 2 nitrogen and oxygen atoms in total. The lowest BCUT2D eigenvalue weighted by Crippen LogP contribution is -3.00. The average molecular weight is 615 g/mol. The first-order valence-electron chi connectivity index (χ1n) is 15.0. The van der Waals surface area contributed by atoms with E-state index in [0.29, 0.717) is 0 Å². The molecular formula is C30H66Br2N2. The highest BCUT2D eigenvalue weighted by atomic mass is 79.9. The van der Waals surface area contributed by atoms with Crippen molar-refractivity contribution in [2.24, 2.45) is 0 Å². The Hall–Kier alpha value is 0.880. The second-order valence-corrected chi connectivity index (χ2v) is 12.1. The maximum Gasteiger partial charge on any atom is 0.128 e. The quantitative estimate of drug-likeness (QED) is 0.110. The molecule has 34 heavy (non-hydrogen) atoms. The molecule has 0 radical (unpaired) electrons. The molecule has 0 aromatic heterocycles. The highest BCUT2D eigenvalue weighted by Crippen LogP contribution is 2.14. The monoisotopic (exact) mass is 612 g/mol. The van der Waals surface area contributed by atoms with E-state index in [1.807, 2.05) is 0 Å². The molecule has 0 rings (SSSR count). The van der Waals surface area contributed by atoms with Gasteiger partial charge in [-0.25, -0.2) is 0 Å². The van der Waals surface area contributed by atoms with Gasteiger partial charge in [-0.05, 0) is 25.7 Å². The van der Waals surface area contributed by atoms with Gasteiger partial charge in [-0.1, -0.05) is 117 Å². The number of unbranched alkanes of at least 4 members (excludes halogenated alkanes) is 18. The van der Waals surface area contributed by atoms with Crippen molar-refractivity contribution in [3.63, 3.8) is 0 Å². The molecular weight excluding hydrogens is 548 g/mol. The van der Waals surface area contributed by atoms with Crippen LogP contribution in [0.15, 0.2) is 0 Å². The van der Waals surface area contributed by atoms with Gasteiger partial charge in [-0.2, -0.15) is 0 Å². The number of hydrogen-bond acceptors (Lipinski definition) is 0. The lowest BCUT2D eigenvalue weighted by Gasteiger charge is -2.36. The molecule has 0 spiro atoms. The minimum Gasteiger partial charge on any atom is -1.00 e. The zero-order chi connectivity index (χ0) is 24.0. The standard InChI is InChI=1S/C30H66N2.2BrH/c1-7-9-11-13-15-17-18-19-20-22-24-26-28-32(5,6)30-29-31(3,4)27-25-23-21-16-14-12-10-8-2;;/h7-30H2,1-6H3;2*1H/q+2;;/p-2. The number of quaternary nitrogens is 2. The molecule has 0 amide bonds. The molecule has 0 aromatic carbocycles. The van der Waals surface area contributed by atoms with Gasteiger partial charge in [0.25, 0.3) is 0 Å². The molecule has 0 bridgehead atoms. The van der Waals surface area contributed by atoms with Crippen LogP contribution in [0, 0.1) is 0 Å². The van der Waals surface area contributed by atoms with Gasteiger partial charge in [0, 0.05) is 0 Å². The highest BCUT2D eigenvalue weighted by molar-refractivity contribution is 4.50. The molecule has 0 saturated carbocycles. The van der Waals surface area contributed by atoms with Crippen molar-refractivity contribution in [3.05, 3.63) is 0 Å². The van der Waals surface area contributed by atoms with E-state index in [2.05, 4.69) is 42.0 Å². The molecule has 0 aliphatic heterocycles. The summed E-state index contributed by atoms with van der Waals surface area (Å²) < 4.78 is 2.41. The fraction of sp³-hybridized carbons (Fsp3) is 1.00. The van der Waals surface area contributed by atoms with E-state index in [0.717, 1.165) is 0 Å². The lowest BCUT2D eigenvalue weighted by molar-refractivity contribution is -0.946. The predicted octanol–water partition coefficient (Wildman–Crippen LogP) is 2.99. The summed E-state index contributed by atoms with van der Waals surface area (Å²) in [6.45, 7) is 9.96. The predicted molar refractivity (Wildman–Crippen MR) is 147 cm³/mol. The van der Waals surface area contributed by atoms with Crippen LogP contribution < -0.4 is 34.0 Å². The first-order chi connectivity index (χ1) is 15.3. The summed E-state index contributed by atoms with van der Waals surface area (Å²) in [6, 6.07) is 0. The number of hydrogen-bond donors (Lipinski definition) is 0. The zero-order valence-corrected chi connectivity index (χ0v) is 27.8. The van der Waals surface area contributed by atoms with Gasteiger partial charge in [0.15, 0.2) is 0 Å². The summed E-state index contributed by atoms with van der Waals surface area (Å²) in [5, 5.41) is 0. The van der Waals surface area contributed by atoms with Gasteiger partial charge in [0.2, 0.25) is 0 Å². The van der Waals surface area contributed by atoms with E-state index >= 15 is 0 Å². The third-order valence-corrected chi connectivity index (χ3v) is 7.54. The van der Waals surface area contributed by atoms with Crippen LogP contribution in [0.5, 0.6) is 0 Å². The minimum absolute atomic E-state index is 0. The Morgan fingerprint density at radius 1 is 0.294 bits per heavy atom. The molecule has 210 valence electrons. The number of halogens is 2. The maximum atomic E-state index is 2.45. The fourth-order valence-electron chi connectivity index (χ4n) is 4.82. The first-order valence-corrected chi connectivity index (χ1v) is 15.0. The van der Waals surface area contributed by atoms with Crippen molar-refractivity contribution in [1.29, 1.82) is 0 Å².